The Bertz CT molecular complexity index is 634. The lowest BCUT2D eigenvalue weighted by atomic mass is 10.2. The largest absolute Gasteiger partial charge is 0.489 e. The maximum absolute atomic E-state index is 10.9. The molecule has 0 unspecified atom stereocenters. The highest BCUT2D eigenvalue weighted by Gasteiger charge is 2.13. The van der Waals surface area contributed by atoms with Crippen molar-refractivity contribution in [2.24, 2.45) is 5.84 Å². The number of halogens is 1. The van der Waals surface area contributed by atoms with Crippen LogP contribution in [0.2, 0.25) is 5.02 Å². The maximum atomic E-state index is 10.9. The molecule has 0 saturated heterocycles. The van der Waals surface area contributed by atoms with Crippen LogP contribution >= 0.6 is 11.6 Å². The summed E-state index contributed by atoms with van der Waals surface area (Å²) in [6, 6.07) is 11.6. The molecule has 0 spiro atoms. The summed E-state index contributed by atoms with van der Waals surface area (Å²) in [5.41, 5.74) is 3.10. The van der Waals surface area contributed by atoms with Gasteiger partial charge in [-0.2, -0.15) is 0 Å². The van der Waals surface area contributed by atoms with Crippen LogP contribution in [0.15, 0.2) is 42.5 Å². The molecular weight excluding hydrogens is 282 g/mol. The lowest BCUT2D eigenvalue weighted by Crippen LogP contribution is -2.09. The van der Waals surface area contributed by atoms with Crippen LogP contribution in [-0.2, 0) is 6.61 Å². The minimum atomic E-state index is -0.502. The van der Waals surface area contributed by atoms with Gasteiger partial charge in [0, 0.05) is 11.1 Å². The highest BCUT2D eigenvalue weighted by molar-refractivity contribution is 6.30. The van der Waals surface area contributed by atoms with E-state index in [1.54, 1.807) is 30.3 Å². The Balaban J connectivity index is 2.14. The third kappa shape index (κ3) is 3.37. The molecule has 20 heavy (non-hydrogen) atoms. The standard InChI is InChI=1S/C13H12ClN3O3/c14-10-2-1-3-11(7-10)20-8-9-4-5-12(16-15)13(6-9)17(18)19/h1-7,16H,8,15H2. The molecule has 0 amide bonds. The van der Waals surface area contributed by atoms with E-state index in [-0.39, 0.29) is 18.0 Å². The van der Waals surface area contributed by atoms with Crippen molar-refractivity contribution in [2.45, 2.75) is 6.61 Å². The number of nitro groups is 1. The highest BCUT2D eigenvalue weighted by Crippen LogP contribution is 2.25. The number of nitrogens with one attached hydrogen (secondary N) is 1. The molecule has 0 aromatic heterocycles. The molecule has 2 aromatic rings. The lowest BCUT2D eigenvalue weighted by molar-refractivity contribution is -0.384. The predicted octanol–water partition coefficient (Wildman–Crippen LogP) is 3.11. The number of hydrazine groups is 1. The third-order valence-corrected chi connectivity index (χ3v) is 2.85. The van der Waals surface area contributed by atoms with Crippen LogP contribution in [0.5, 0.6) is 5.75 Å². The van der Waals surface area contributed by atoms with Crippen molar-refractivity contribution < 1.29 is 9.66 Å². The van der Waals surface area contributed by atoms with Gasteiger partial charge in [0.15, 0.2) is 0 Å². The molecule has 0 bridgehead atoms. The molecule has 0 aliphatic carbocycles. The number of nitrogen functional groups attached to an aromatic ring is 1. The van der Waals surface area contributed by atoms with Gasteiger partial charge < -0.3 is 10.2 Å². The second kappa shape index (κ2) is 6.23. The number of nitrogens with zero attached hydrogens (tertiary/aromatic N) is 1. The van der Waals surface area contributed by atoms with Gasteiger partial charge >= 0.3 is 0 Å². The first-order valence-electron chi connectivity index (χ1n) is 5.72. The molecule has 0 saturated carbocycles. The summed E-state index contributed by atoms with van der Waals surface area (Å²) >= 11 is 5.84. The van der Waals surface area contributed by atoms with Gasteiger partial charge in [-0.05, 0) is 29.8 Å². The molecule has 7 heteroatoms. The van der Waals surface area contributed by atoms with Crippen molar-refractivity contribution in [1.29, 1.82) is 0 Å². The van der Waals surface area contributed by atoms with E-state index < -0.39 is 4.92 Å². The molecule has 0 heterocycles. The van der Waals surface area contributed by atoms with Crippen molar-refractivity contribution in [1.82, 2.24) is 0 Å². The first kappa shape index (κ1) is 14.1. The number of anilines is 1. The molecule has 0 aliphatic rings. The second-order valence-corrected chi connectivity index (χ2v) is 4.44. The summed E-state index contributed by atoms with van der Waals surface area (Å²) in [7, 11) is 0. The number of nitro benzene ring substituents is 1. The predicted molar refractivity (Wildman–Crippen MR) is 76.7 cm³/mol. The number of rotatable bonds is 5. The average molecular weight is 294 g/mol. The number of nitrogens with two attached hydrogens (primary N) is 1. The normalized spacial score (nSPS) is 10.1. The monoisotopic (exact) mass is 293 g/mol. The van der Waals surface area contributed by atoms with Crippen LogP contribution in [0, 0.1) is 10.1 Å². The van der Waals surface area contributed by atoms with Crippen LogP contribution in [0.4, 0.5) is 11.4 Å². The van der Waals surface area contributed by atoms with Gasteiger partial charge in [0.1, 0.15) is 18.0 Å². The zero-order valence-electron chi connectivity index (χ0n) is 10.4. The van der Waals surface area contributed by atoms with Crippen LogP contribution in [0.1, 0.15) is 5.56 Å². The first-order valence-corrected chi connectivity index (χ1v) is 6.10. The smallest absolute Gasteiger partial charge is 0.294 e. The number of hydrogen-bond donors (Lipinski definition) is 2. The SMILES string of the molecule is NNc1ccc(COc2cccc(Cl)c2)cc1[N+](=O)[O-]. The molecule has 0 atom stereocenters. The van der Waals surface area contributed by atoms with Crippen molar-refractivity contribution >= 4 is 23.0 Å². The number of ether oxygens (including phenoxy) is 1. The summed E-state index contributed by atoms with van der Waals surface area (Å²) in [6.07, 6.45) is 0. The topological polar surface area (TPSA) is 90.4 Å². The fourth-order valence-electron chi connectivity index (χ4n) is 1.66. The Morgan fingerprint density at radius 2 is 2.10 bits per heavy atom. The van der Waals surface area contributed by atoms with Gasteiger partial charge in [-0.3, -0.25) is 16.0 Å². The van der Waals surface area contributed by atoms with E-state index in [4.69, 9.17) is 22.2 Å². The summed E-state index contributed by atoms with van der Waals surface area (Å²) in [5.74, 6) is 5.82. The van der Waals surface area contributed by atoms with E-state index in [0.717, 1.165) is 0 Å². The summed E-state index contributed by atoms with van der Waals surface area (Å²) in [4.78, 5) is 10.4. The van der Waals surface area contributed by atoms with Crippen molar-refractivity contribution in [3.8, 4) is 5.75 Å². The van der Waals surface area contributed by atoms with Gasteiger partial charge in [0.25, 0.3) is 5.69 Å². The highest BCUT2D eigenvalue weighted by atomic mass is 35.5. The molecule has 0 aliphatic heterocycles. The third-order valence-electron chi connectivity index (χ3n) is 2.62. The maximum Gasteiger partial charge on any atom is 0.294 e. The second-order valence-electron chi connectivity index (χ2n) is 4.00. The Morgan fingerprint density at radius 1 is 1.30 bits per heavy atom. The number of benzene rings is 2. The Kier molecular flexibility index (Phi) is 4.39. The first-order chi connectivity index (χ1) is 9.60. The van der Waals surface area contributed by atoms with E-state index >= 15 is 0 Å². The minimum absolute atomic E-state index is 0.0975. The Labute approximate surface area is 120 Å². The van der Waals surface area contributed by atoms with Gasteiger partial charge in [-0.25, -0.2) is 0 Å². The zero-order valence-corrected chi connectivity index (χ0v) is 11.1. The van der Waals surface area contributed by atoms with E-state index in [0.29, 0.717) is 16.3 Å². The van der Waals surface area contributed by atoms with Crippen LogP contribution < -0.4 is 16.0 Å². The quantitative estimate of drug-likeness (QED) is 0.502. The van der Waals surface area contributed by atoms with E-state index in [1.165, 1.54) is 12.1 Å². The average Bonchev–Trinajstić information content (AvgIpc) is 2.45. The molecule has 2 aromatic carbocycles. The fraction of sp³-hybridized carbons (Fsp3) is 0.0769. The van der Waals surface area contributed by atoms with Crippen molar-refractivity contribution in [3.05, 3.63) is 63.2 Å². The van der Waals surface area contributed by atoms with E-state index in [2.05, 4.69) is 5.43 Å². The van der Waals surface area contributed by atoms with Crippen molar-refractivity contribution in [3.63, 3.8) is 0 Å². The van der Waals surface area contributed by atoms with Gasteiger partial charge in [-0.15, -0.1) is 0 Å². The minimum Gasteiger partial charge on any atom is -0.489 e. The summed E-state index contributed by atoms with van der Waals surface area (Å²) < 4.78 is 5.52. The fourth-order valence-corrected chi connectivity index (χ4v) is 1.84. The molecule has 3 N–H and O–H groups in total. The zero-order chi connectivity index (χ0) is 14.5. The van der Waals surface area contributed by atoms with Crippen LogP contribution in [-0.4, -0.2) is 4.92 Å². The van der Waals surface area contributed by atoms with Crippen LogP contribution in [0.25, 0.3) is 0 Å². The summed E-state index contributed by atoms with van der Waals surface area (Å²) in [5, 5.41) is 11.5. The summed E-state index contributed by atoms with van der Waals surface area (Å²) in [6.45, 7) is 0.200. The molecule has 2 rings (SSSR count). The van der Waals surface area contributed by atoms with Crippen LogP contribution in [0.3, 0.4) is 0 Å². The Hall–Kier alpha value is -2.31. The van der Waals surface area contributed by atoms with Gasteiger partial charge in [-0.1, -0.05) is 23.7 Å². The van der Waals surface area contributed by atoms with E-state index in [1.807, 2.05) is 0 Å². The Morgan fingerprint density at radius 3 is 2.75 bits per heavy atom. The molecule has 0 fully saturated rings. The van der Waals surface area contributed by atoms with Gasteiger partial charge in [0.05, 0.1) is 4.92 Å². The van der Waals surface area contributed by atoms with E-state index in [9.17, 15) is 10.1 Å². The molecule has 104 valence electrons. The van der Waals surface area contributed by atoms with Crippen molar-refractivity contribution in [2.75, 3.05) is 5.43 Å². The molecule has 0 radical (unpaired) electrons. The molecular formula is C13H12ClN3O3. The molecule has 6 nitrogen and oxygen atoms in total. The van der Waals surface area contributed by atoms with Gasteiger partial charge in [0.2, 0.25) is 0 Å². The lowest BCUT2D eigenvalue weighted by Gasteiger charge is -2.08. The number of hydrogen-bond acceptors (Lipinski definition) is 5.